The number of para-hydroxylation sites is 1. The van der Waals surface area contributed by atoms with Crippen molar-refractivity contribution < 1.29 is 19.1 Å². The van der Waals surface area contributed by atoms with E-state index >= 15 is 0 Å². The van der Waals surface area contributed by atoms with E-state index in [2.05, 4.69) is 14.5 Å². The van der Waals surface area contributed by atoms with Crippen molar-refractivity contribution in [2.24, 2.45) is 5.16 Å². The highest BCUT2D eigenvalue weighted by molar-refractivity contribution is 7.07. The number of benzene rings is 2. The van der Waals surface area contributed by atoms with E-state index in [-0.39, 0.29) is 5.71 Å². The summed E-state index contributed by atoms with van der Waals surface area (Å²) in [5, 5.41) is 4.10. The summed E-state index contributed by atoms with van der Waals surface area (Å²) in [4.78, 5) is 21.1. The average Bonchev–Trinajstić information content (AvgIpc) is 3.15. The minimum atomic E-state index is -0.634. The third-order valence-corrected chi connectivity index (χ3v) is 3.94. The number of nitrogens with zero attached hydrogens (tertiary/aromatic N) is 3. The van der Waals surface area contributed by atoms with Gasteiger partial charge in [-0.2, -0.15) is 9.36 Å². The van der Waals surface area contributed by atoms with Crippen LogP contribution in [0.4, 0.5) is 0 Å². The zero-order valence-electron chi connectivity index (χ0n) is 14.1. The van der Waals surface area contributed by atoms with Gasteiger partial charge in [0.25, 0.3) is 5.19 Å². The summed E-state index contributed by atoms with van der Waals surface area (Å²) in [5.41, 5.74) is 1.32. The van der Waals surface area contributed by atoms with Crippen molar-refractivity contribution in [2.75, 3.05) is 14.2 Å². The topological polar surface area (TPSA) is 82.9 Å². The first-order chi connectivity index (χ1) is 12.7. The molecule has 0 aliphatic heterocycles. The highest BCUT2D eigenvalue weighted by Crippen LogP contribution is 2.29. The van der Waals surface area contributed by atoms with E-state index in [4.69, 9.17) is 14.3 Å². The van der Waals surface area contributed by atoms with E-state index in [1.807, 2.05) is 30.3 Å². The fourth-order valence-corrected chi connectivity index (χ4v) is 2.75. The molecule has 0 aliphatic rings. The minimum absolute atomic E-state index is 0.00148. The number of carbonyl (C=O) groups is 1. The number of oxime groups is 1. The lowest BCUT2D eigenvalue weighted by atomic mass is 10.1. The van der Waals surface area contributed by atoms with Crippen LogP contribution in [-0.2, 0) is 14.4 Å². The van der Waals surface area contributed by atoms with Gasteiger partial charge in [0, 0.05) is 17.1 Å². The monoisotopic (exact) mass is 369 g/mol. The predicted molar refractivity (Wildman–Crippen MR) is 97.4 cm³/mol. The number of hydrogen-bond donors (Lipinski definition) is 0. The first-order valence-corrected chi connectivity index (χ1v) is 8.36. The molecule has 1 aromatic heterocycles. The molecule has 0 aliphatic carbocycles. The van der Waals surface area contributed by atoms with Gasteiger partial charge in [0.15, 0.2) is 11.5 Å². The Hall–Kier alpha value is -3.26. The van der Waals surface area contributed by atoms with Crippen molar-refractivity contribution in [3.63, 3.8) is 0 Å². The van der Waals surface area contributed by atoms with E-state index in [0.29, 0.717) is 22.3 Å². The fourth-order valence-electron chi connectivity index (χ4n) is 2.19. The van der Waals surface area contributed by atoms with Crippen molar-refractivity contribution in [1.29, 1.82) is 0 Å². The molecular formula is C18H15N3O4S. The van der Waals surface area contributed by atoms with E-state index < -0.39 is 5.97 Å². The van der Waals surface area contributed by atoms with Gasteiger partial charge in [-0.3, -0.25) is 0 Å². The van der Waals surface area contributed by atoms with Crippen molar-refractivity contribution in [1.82, 2.24) is 9.36 Å². The molecule has 0 unspecified atom stereocenters. The Morgan fingerprint density at radius 3 is 2.50 bits per heavy atom. The Labute approximate surface area is 154 Å². The molecule has 3 rings (SSSR count). The SMILES string of the molecule is CO/N=C(/C(=O)OC)c1ccccc1Oc1nc(-c2ccccc2)ns1. The summed E-state index contributed by atoms with van der Waals surface area (Å²) >= 11 is 1.12. The lowest BCUT2D eigenvalue weighted by molar-refractivity contribution is -0.132. The van der Waals surface area contributed by atoms with E-state index in [9.17, 15) is 4.79 Å². The molecule has 132 valence electrons. The van der Waals surface area contributed by atoms with Gasteiger partial charge in [0.2, 0.25) is 0 Å². The third-order valence-electron chi connectivity index (χ3n) is 3.34. The zero-order valence-corrected chi connectivity index (χ0v) is 14.9. The molecule has 1 heterocycles. The summed E-state index contributed by atoms with van der Waals surface area (Å²) in [6, 6.07) is 16.5. The normalized spacial score (nSPS) is 11.1. The second kappa shape index (κ2) is 8.21. The Morgan fingerprint density at radius 1 is 1.04 bits per heavy atom. The highest BCUT2D eigenvalue weighted by atomic mass is 32.1. The molecular weight excluding hydrogens is 354 g/mol. The van der Waals surface area contributed by atoms with E-state index in [1.54, 1.807) is 24.3 Å². The van der Waals surface area contributed by atoms with Crippen LogP contribution in [0.3, 0.4) is 0 Å². The molecule has 0 bridgehead atoms. The molecule has 7 nitrogen and oxygen atoms in total. The Kier molecular flexibility index (Phi) is 5.55. The second-order valence-corrected chi connectivity index (χ2v) is 5.68. The lowest BCUT2D eigenvalue weighted by Crippen LogP contribution is -2.18. The maximum Gasteiger partial charge on any atom is 0.360 e. The van der Waals surface area contributed by atoms with Crippen LogP contribution in [0, 0.1) is 0 Å². The number of hydrogen-bond acceptors (Lipinski definition) is 8. The van der Waals surface area contributed by atoms with Crippen LogP contribution in [-0.4, -0.2) is 35.3 Å². The molecule has 0 atom stereocenters. The number of ether oxygens (including phenoxy) is 2. The van der Waals surface area contributed by atoms with Gasteiger partial charge in [0.05, 0.1) is 12.7 Å². The van der Waals surface area contributed by atoms with Crippen LogP contribution in [0.15, 0.2) is 59.8 Å². The second-order valence-electron chi connectivity index (χ2n) is 4.96. The Bertz CT molecular complexity index is 925. The van der Waals surface area contributed by atoms with Gasteiger partial charge in [-0.15, -0.1) is 0 Å². The molecule has 0 fully saturated rings. The van der Waals surface area contributed by atoms with Gasteiger partial charge in [-0.1, -0.05) is 47.6 Å². The molecule has 0 saturated carbocycles. The highest BCUT2D eigenvalue weighted by Gasteiger charge is 2.21. The summed E-state index contributed by atoms with van der Waals surface area (Å²) in [6.45, 7) is 0. The van der Waals surface area contributed by atoms with Gasteiger partial charge >= 0.3 is 5.97 Å². The van der Waals surface area contributed by atoms with Crippen LogP contribution in [0.2, 0.25) is 0 Å². The van der Waals surface area contributed by atoms with Crippen molar-refractivity contribution in [2.45, 2.75) is 0 Å². The van der Waals surface area contributed by atoms with Crippen molar-refractivity contribution in [3.05, 3.63) is 60.2 Å². The third kappa shape index (κ3) is 3.86. The molecule has 0 spiro atoms. The smallest absolute Gasteiger partial charge is 0.360 e. The largest absolute Gasteiger partial charge is 0.464 e. The number of carbonyl (C=O) groups excluding carboxylic acids is 1. The Balaban J connectivity index is 1.91. The summed E-state index contributed by atoms with van der Waals surface area (Å²) < 4.78 is 14.9. The minimum Gasteiger partial charge on any atom is -0.464 e. The Morgan fingerprint density at radius 2 is 1.77 bits per heavy atom. The number of esters is 1. The molecule has 0 radical (unpaired) electrons. The van der Waals surface area contributed by atoms with Gasteiger partial charge in [0.1, 0.15) is 12.9 Å². The fraction of sp³-hybridized carbons (Fsp3) is 0.111. The summed E-state index contributed by atoms with van der Waals surface area (Å²) in [6.07, 6.45) is 0. The predicted octanol–water partition coefficient (Wildman–Crippen LogP) is 3.52. The summed E-state index contributed by atoms with van der Waals surface area (Å²) in [7, 11) is 2.62. The van der Waals surface area contributed by atoms with Gasteiger partial charge in [-0.05, 0) is 12.1 Å². The number of methoxy groups -OCH3 is 1. The van der Waals surface area contributed by atoms with Crippen LogP contribution in [0.1, 0.15) is 5.56 Å². The van der Waals surface area contributed by atoms with Crippen LogP contribution in [0.5, 0.6) is 10.9 Å². The van der Waals surface area contributed by atoms with Crippen molar-refractivity contribution in [3.8, 4) is 22.3 Å². The summed E-state index contributed by atoms with van der Waals surface area (Å²) in [5.74, 6) is 0.330. The van der Waals surface area contributed by atoms with Crippen LogP contribution >= 0.6 is 11.5 Å². The van der Waals surface area contributed by atoms with Crippen LogP contribution < -0.4 is 4.74 Å². The molecule has 8 heteroatoms. The molecule has 3 aromatic rings. The average molecular weight is 369 g/mol. The van der Waals surface area contributed by atoms with Gasteiger partial charge in [-0.25, -0.2) is 4.79 Å². The zero-order chi connectivity index (χ0) is 18.4. The molecule has 0 amide bonds. The molecule has 2 aromatic carbocycles. The molecule has 26 heavy (non-hydrogen) atoms. The van der Waals surface area contributed by atoms with E-state index in [0.717, 1.165) is 17.1 Å². The number of rotatable bonds is 6. The first-order valence-electron chi connectivity index (χ1n) is 7.58. The maximum absolute atomic E-state index is 12.0. The quantitative estimate of drug-likeness (QED) is 0.376. The lowest BCUT2D eigenvalue weighted by Gasteiger charge is -2.09. The maximum atomic E-state index is 12.0. The van der Waals surface area contributed by atoms with Crippen LogP contribution in [0.25, 0.3) is 11.4 Å². The van der Waals surface area contributed by atoms with Gasteiger partial charge < -0.3 is 14.3 Å². The van der Waals surface area contributed by atoms with E-state index in [1.165, 1.54) is 14.2 Å². The standard InChI is InChI=1S/C18H15N3O4S/c1-23-17(22)15(20-24-2)13-10-6-7-11-14(13)25-18-19-16(21-26-18)12-8-4-3-5-9-12/h3-11H,1-2H3/b20-15+. The van der Waals surface area contributed by atoms with Crippen molar-refractivity contribution >= 4 is 23.2 Å². The molecule has 0 saturated heterocycles. The number of aromatic nitrogens is 2. The first kappa shape index (κ1) is 17.6. The molecule has 0 N–H and O–H groups in total.